The standard InChI is InChI=1S/C23H41NO3S.BrH/c1-4-5-6-7-8-9-10-11-12-16-20-24(2,3)23(19-21-28(25,26)27)22-17-14-13-15-18-22;/h13-15,17-18,23H,4-12,16,19-21H2,1-3H3;1H. The van der Waals surface area contributed by atoms with Crippen molar-refractivity contribution in [1.29, 1.82) is 0 Å². The SMILES string of the molecule is Br.CCCCCCCCCCCC[N+](C)(C)C(CCS(=O)(=O)[O-])c1ccccc1. The van der Waals surface area contributed by atoms with E-state index in [-0.39, 0.29) is 28.8 Å². The summed E-state index contributed by atoms with van der Waals surface area (Å²) in [7, 11) is 0.120. The molecule has 4 nitrogen and oxygen atoms in total. The molecule has 0 aliphatic carbocycles. The van der Waals surface area contributed by atoms with Crippen molar-refractivity contribution < 1.29 is 17.5 Å². The first-order valence-corrected chi connectivity index (χ1v) is 12.6. The van der Waals surface area contributed by atoms with Gasteiger partial charge in [0.25, 0.3) is 0 Å². The highest BCUT2D eigenvalue weighted by atomic mass is 79.9. The number of hydrogen-bond donors (Lipinski definition) is 0. The third kappa shape index (κ3) is 13.5. The zero-order chi connectivity index (χ0) is 20.9. The maximum atomic E-state index is 11.2. The number of quaternary nitrogens is 1. The van der Waals surface area contributed by atoms with E-state index in [1.807, 2.05) is 30.3 Å². The average Bonchev–Trinajstić information content (AvgIpc) is 2.63. The van der Waals surface area contributed by atoms with Crippen molar-refractivity contribution in [3.05, 3.63) is 35.9 Å². The third-order valence-electron chi connectivity index (χ3n) is 5.76. The highest BCUT2D eigenvalue weighted by Crippen LogP contribution is 2.29. The average molecular weight is 493 g/mol. The zero-order valence-electron chi connectivity index (χ0n) is 18.6. The summed E-state index contributed by atoms with van der Waals surface area (Å²) in [5, 5.41) is 0. The highest BCUT2D eigenvalue weighted by molar-refractivity contribution is 8.93. The Bertz CT molecular complexity index is 620. The van der Waals surface area contributed by atoms with Crippen molar-refractivity contribution in [2.24, 2.45) is 0 Å². The molecule has 0 saturated carbocycles. The molecule has 0 radical (unpaired) electrons. The molecule has 0 N–H and O–H groups in total. The van der Waals surface area contributed by atoms with Crippen molar-refractivity contribution in [3.8, 4) is 0 Å². The molecule has 1 aromatic rings. The summed E-state index contributed by atoms with van der Waals surface area (Å²) in [6.45, 7) is 3.25. The van der Waals surface area contributed by atoms with E-state index >= 15 is 0 Å². The summed E-state index contributed by atoms with van der Waals surface area (Å²) in [4.78, 5) is 0. The second-order valence-electron chi connectivity index (χ2n) is 8.66. The molecule has 29 heavy (non-hydrogen) atoms. The molecule has 1 unspecified atom stereocenters. The minimum absolute atomic E-state index is 0. The van der Waals surface area contributed by atoms with Crippen molar-refractivity contribution in [1.82, 2.24) is 0 Å². The number of halogens is 1. The lowest BCUT2D eigenvalue weighted by Gasteiger charge is -2.39. The van der Waals surface area contributed by atoms with Crippen LogP contribution in [0.2, 0.25) is 0 Å². The van der Waals surface area contributed by atoms with Crippen LogP contribution in [0.15, 0.2) is 30.3 Å². The second kappa shape index (κ2) is 15.4. The van der Waals surface area contributed by atoms with Gasteiger partial charge in [-0.15, -0.1) is 17.0 Å². The van der Waals surface area contributed by atoms with Gasteiger partial charge >= 0.3 is 0 Å². The molecule has 0 heterocycles. The molecule has 0 amide bonds. The van der Waals surface area contributed by atoms with Crippen LogP contribution in [0, 0.1) is 0 Å². The van der Waals surface area contributed by atoms with Crippen LogP contribution < -0.4 is 0 Å². The van der Waals surface area contributed by atoms with E-state index in [0.29, 0.717) is 6.42 Å². The van der Waals surface area contributed by atoms with Gasteiger partial charge in [0, 0.05) is 17.7 Å². The summed E-state index contributed by atoms with van der Waals surface area (Å²) in [5.41, 5.74) is 1.11. The van der Waals surface area contributed by atoms with Gasteiger partial charge in [-0.2, -0.15) is 0 Å². The lowest BCUT2D eigenvalue weighted by molar-refractivity contribution is -0.921. The number of rotatable bonds is 16. The molecule has 0 spiro atoms. The van der Waals surface area contributed by atoms with Crippen LogP contribution in [0.5, 0.6) is 0 Å². The monoisotopic (exact) mass is 491 g/mol. The first-order valence-electron chi connectivity index (χ1n) is 11.1. The van der Waals surface area contributed by atoms with Crippen LogP contribution in [0.4, 0.5) is 0 Å². The Kier molecular flexibility index (Phi) is 15.2. The minimum Gasteiger partial charge on any atom is -0.748 e. The number of hydrogen-bond acceptors (Lipinski definition) is 3. The summed E-state index contributed by atoms with van der Waals surface area (Å²) in [6.07, 6.45) is 13.4. The van der Waals surface area contributed by atoms with Gasteiger partial charge in [0.05, 0.1) is 30.8 Å². The third-order valence-corrected chi connectivity index (χ3v) is 6.49. The summed E-state index contributed by atoms with van der Waals surface area (Å²) in [6, 6.07) is 10.0. The number of unbranched alkanes of at least 4 members (excludes halogenated alkanes) is 9. The van der Waals surface area contributed by atoms with Gasteiger partial charge in [-0.1, -0.05) is 88.6 Å². The van der Waals surface area contributed by atoms with Crippen molar-refractivity contribution >= 4 is 27.1 Å². The van der Waals surface area contributed by atoms with E-state index < -0.39 is 10.1 Å². The molecular formula is C23H42BrNO3S. The predicted octanol–water partition coefficient (Wildman–Crippen LogP) is 6.24. The Morgan fingerprint density at radius 1 is 0.862 bits per heavy atom. The van der Waals surface area contributed by atoms with Gasteiger partial charge in [-0.25, -0.2) is 8.42 Å². The van der Waals surface area contributed by atoms with Crippen LogP contribution in [-0.4, -0.2) is 43.8 Å². The number of nitrogens with zero attached hydrogens (tertiary/aromatic N) is 1. The fourth-order valence-corrected chi connectivity index (χ4v) is 4.53. The molecule has 6 heteroatoms. The molecule has 0 bridgehead atoms. The molecule has 0 saturated heterocycles. The summed E-state index contributed by atoms with van der Waals surface area (Å²) in [5.74, 6) is -0.299. The van der Waals surface area contributed by atoms with Gasteiger partial charge < -0.3 is 9.04 Å². The van der Waals surface area contributed by atoms with E-state index in [2.05, 4.69) is 21.0 Å². The zero-order valence-corrected chi connectivity index (χ0v) is 21.2. The molecule has 0 aliphatic rings. The predicted molar refractivity (Wildman–Crippen MR) is 128 cm³/mol. The maximum absolute atomic E-state index is 11.2. The molecule has 170 valence electrons. The van der Waals surface area contributed by atoms with Gasteiger partial charge in [0.1, 0.15) is 6.04 Å². The van der Waals surface area contributed by atoms with Crippen LogP contribution in [0.25, 0.3) is 0 Å². The topological polar surface area (TPSA) is 57.2 Å². The van der Waals surface area contributed by atoms with E-state index in [9.17, 15) is 13.0 Å². The summed E-state index contributed by atoms with van der Waals surface area (Å²) < 4.78 is 34.2. The molecule has 0 aromatic heterocycles. The van der Waals surface area contributed by atoms with Crippen molar-refractivity contribution in [2.45, 2.75) is 83.6 Å². The van der Waals surface area contributed by atoms with Crippen molar-refractivity contribution in [2.75, 3.05) is 26.4 Å². The second-order valence-corrected chi connectivity index (χ2v) is 10.2. The minimum atomic E-state index is -4.19. The van der Waals surface area contributed by atoms with E-state index in [4.69, 9.17) is 0 Å². The van der Waals surface area contributed by atoms with E-state index in [1.165, 1.54) is 57.8 Å². The Morgan fingerprint density at radius 2 is 1.34 bits per heavy atom. The fourth-order valence-electron chi connectivity index (χ4n) is 4.01. The Morgan fingerprint density at radius 3 is 1.83 bits per heavy atom. The van der Waals surface area contributed by atoms with E-state index in [0.717, 1.165) is 23.0 Å². The Balaban J connectivity index is 0.00000784. The van der Waals surface area contributed by atoms with Crippen LogP contribution in [0.3, 0.4) is 0 Å². The molecule has 0 fully saturated rings. The molecule has 0 aliphatic heterocycles. The van der Waals surface area contributed by atoms with Crippen LogP contribution >= 0.6 is 17.0 Å². The Labute approximate surface area is 190 Å². The fraction of sp³-hybridized carbons (Fsp3) is 0.739. The first-order chi connectivity index (χ1) is 13.3. The molecular weight excluding hydrogens is 450 g/mol. The van der Waals surface area contributed by atoms with Gasteiger partial charge in [0.15, 0.2) is 0 Å². The van der Waals surface area contributed by atoms with Crippen LogP contribution in [0.1, 0.15) is 89.2 Å². The van der Waals surface area contributed by atoms with Gasteiger partial charge in [-0.3, -0.25) is 0 Å². The smallest absolute Gasteiger partial charge is 0.115 e. The normalized spacial score (nSPS) is 13.1. The largest absolute Gasteiger partial charge is 0.748 e. The quantitative estimate of drug-likeness (QED) is 0.156. The van der Waals surface area contributed by atoms with Gasteiger partial charge in [0.2, 0.25) is 0 Å². The number of benzene rings is 1. The van der Waals surface area contributed by atoms with E-state index in [1.54, 1.807) is 0 Å². The lowest BCUT2D eigenvalue weighted by atomic mass is 10.00. The highest BCUT2D eigenvalue weighted by Gasteiger charge is 2.29. The van der Waals surface area contributed by atoms with Crippen LogP contribution in [-0.2, 0) is 10.1 Å². The molecule has 1 rings (SSSR count). The molecule has 1 aromatic carbocycles. The maximum Gasteiger partial charge on any atom is 0.115 e. The molecule has 1 atom stereocenters. The first kappa shape index (κ1) is 28.6. The summed E-state index contributed by atoms with van der Waals surface area (Å²) >= 11 is 0. The lowest BCUT2D eigenvalue weighted by Crippen LogP contribution is -2.44. The van der Waals surface area contributed by atoms with Crippen molar-refractivity contribution in [3.63, 3.8) is 0 Å². The van der Waals surface area contributed by atoms with Gasteiger partial charge in [-0.05, 0) is 12.8 Å². The Hall–Kier alpha value is -0.430.